The van der Waals surface area contributed by atoms with Gasteiger partial charge in [0, 0.05) is 37.1 Å². The normalized spacial score (nSPS) is 14.6. The van der Waals surface area contributed by atoms with Crippen molar-refractivity contribution < 1.29 is 14.5 Å². The number of nitro benzene ring substituents is 1. The second kappa shape index (κ2) is 13.3. The number of hydrogen-bond donors (Lipinski definition) is 0. The zero-order chi connectivity index (χ0) is 33.2. The van der Waals surface area contributed by atoms with Crippen LogP contribution in [0.4, 0.5) is 5.69 Å². The third-order valence-corrected chi connectivity index (χ3v) is 9.89. The number of fused-ring (bicyclic) bond motifs is 2. The summed E-state index contributed by atoms with van der Waals surface area (Å²) in [4.78, 5) is 55.7. The Morgan fingerprint density at radius 3 is 2.55 bits per heavy atom. The Morgan fingerprint density at radius 1 is 1.11 bits per heavy atom. The van der Waals surface area contributed by atoms with Crippen LogP contribution < -0.4 is 19.6 Å². The highest BCUT2D eigenvalue weighted by Crippen LogP contribution is 2.40. The van der Waals surface area contributed by atoms with Gasteiger partial charge in [0.25, 0.3) is 17.2 Å². The monoisotopic (exact) mass is 666 g/mol. The van der Waals surface area contributed by atoms with E-state index in [4.69, 9.17) is 9.73 Å². The van der Waals surface area contributed by atoms with Gasteiger partial charge in [-0.2, -0.15) is 0 Å². The van der Waals surface area contributed by atoms with Crippen LogP contribution in [0.15, 0.2) is 104 Å². The molecule has 1 aliphatic rings. The smallest absolute Gasteiger partial charge is 0.283 e. The van der Waals surface area contributed by atoms with Crippen molar-refractivity contribution in [3.63, 3.8) is 0 Å². The van der Waals surface area contributed by atoms with Gasteiger partial charge in [-0.3, -0.25) is 24.3 Å². The fraction of sp³-hybridized carbons (Fsp3) is 0.206. The van der Waals surface area contributed by atoms with E-state index in [-0.39, 0.29) is 17.2 Å². The molecule has 2 aromatic heterocycles. The van der Waals surface area contributed by atoms with E-state index in [9.17, 15) is 19.7 Å². The van der Waals surface area contributed by atoms with E-state index in [1.807, 2.05) is 50.2 Å². The zero-order valence-electron chi connectivity index (χ0n) is 26.0. The molecule has 1 atom stereocenters. The summed E-state index contributed by atoms with van der Waals surface area (Å²) in [6, 6.07) is 17.2. The van der Waals surface area contributed by atoms with Crippen LogP contribution in [-0.4, -0.2) is 50.5 Å². The Hall–Kier alpha value is -5.14. The molecule has 0 radical (unpaired) electrons. The number of rotatable bonds is 9. The lowest BCUT2D eigenvalue weighted by atomic mass is 9.90. The van der Waals surface area contributed by atoms with Crippen molar-refractivity contribution in [1.82, 2.24) is 19.4 Å². The Morgan fingerprint density at radius 2 is 1.85 bits per heavy atom. The molecule has 238 valence electrons. The average molecular weight is 667 g/mol. The van der Waals surface area contributed by atoms with E-state index < -0.39 is 11.0 Å². The molecule has 0 fully saturated rings. The van der Waals surface area contributed by atoms with Crippen LogP contribution in [0.1, 0.15) is 37.9 Å². The largest absolute Gasteiger partial charge is 0.496 e. The molecule has 5 aromatic rings. The van der Waals surface area contributed by atoms with E-state index >= 15 is 0 Å². The maximum Gasteiger partial charge on any atom is 0.283 e. The summed E-state index contributed by atoms with van der Waals surface area (Å²) in [6.07, 6.45) is 4.75. The van der Waals surface area contributed by atoms with Gasteiger partial charge >= 0.3 is 0 Å². The number of nitrogens with zero attached hydrogens (tertiary/aromatic N) is 6. The van der Waals surface area contributed by atoms with Gasteiger partial charge in [-0.15, -0.1) is 0 Å². The number of nitro groups is 1. The number of hydrogen-bond acceptors (Lipinski definition) is 10. The minimum atomic E-state index is -0.832. The summed E-state index contributed by atoms with van der Waals surface area (Å²) in [5.41, 5.74) is 1.55. The Labute approximate surface area is 277 Å². The minimum Gasteiger partial charge on any atom is -0.496 e. The summed E-state index contributed by atoms with van der Waals surface area (Å²) in [5, 5.41) is 14.2. The summed E-state index contributed by atoms with van der Waals surface area (Å²) in [6.45, 7) is 6.58. The Balaban J connectivity index is 1.56. The number of thiazole rings is 1. The molecule has 0 saturated heterocycles. The third-order valence-electron chi connectivity index (χ3n) is 7.95. The predicted molar refractivity (Wildman–Crippen MR) is 181 cm³/mol. The molecule has 11 nitrogen and oxygen atoms in total. The number of benzene rings is 3. The summed E-state index contributed by atoms with van der Waals surface area (Å²) < 4.78 is 7.73. The molecule has 0 N–H and O–H groups in total. The summed E-state index contributed by atoms with van der Waals surface area (Å²) in [5.74, 6) is 0.325. The number of ether oxygens (including phenoxy) is 1. The molecular formula is C34H30N6O5S2. The number of likely N-dealkylation sites (N-methyl/N-ethyl adjacent to an activating group) is 1. The number of carbonyl (C=O) groups excluding carboxylic acids is 1. The minimum absolute atomic E-state index is 0.134. The fourth-order valence-electron chi connectivity index (χ4n) is 5.73. The lowest BCUT2D eigenvalue weighted by molar-refractivity contribution is -0.387. The molecule has 0 unspecified atom stereocenters. The van der Waals surface area contributed by atoms with Crippen LogP contribution in [0.25, 0.3) is 16.8 Å². The first-order valence-electron chi connectivity index (χ1n) is 14.9. The lowest BCUT2D eigenvalue weighted by Crippen LogP contribution is -2.43. The lowest BCUT2D eigenvalue weighted by Gasteiger charge is -2.30. The molecule has 1 aliphatic heterocycles. The SMILES string of the molecule is CCN(CC)C(=O)C1=C(C)N=c2s/c(=C\c3ccc(Sc4ncccn4)c([N+](=O)[O-])c3)c(=O)n2[C@@H]1c1c(OC)ccc2ccccc12. The predicted octanol–water partition coefficient (Wildman–Crippen LogP) is 5.11. The van der Waals surface area contributed by atoms with Crippen LogP contribution in [0.5, 0.6) is 5.75 Å². The number of methoxy groups -OCH3 is 1. The highest BCUT2D eigenvalue weighted by molar-refractivity contribution is 7.99. The van der Waals surface area contributed by atoms with Crippen molar-refractivity contribution in [2.45, 2.75) is 36.9 Å². The highest BCUT2D eigenvalue weighted by Gasteiger charge is 2.36. The molecule has 3 aromatic carbocycles. The molecule has 0 spiro atoms. The van der Waals surface area contributed by atoms with Crippen LogP contribution in [0.2, 0.25) is 0 Å². The van der Waals surface area contributed by atoms with Crippen molar-refractivity contribution in [3.8, 4) is 5.75 Å². The average Bonchev–Trinajstić information content (AvgIpc) is 3.38. The maximum absolute atomic E-state index is 14.4. The van der Waals surface area contributed by atoms with Crippen molar-refractivity contribution in [1.29, 1.82) is 0 Å². The second-order valence-electron chi connectivity index (χ2n) is 10.6. The third kappa shape index (κ3) is 5.95. The standard InChI is InChI=1S/C34H30N6O5S2/c1-5-38(6-2)32(42)28-20(3)37-34-39(30(28)29-23-11-8-7-10-22(23)13-14-25(29)45-4)31(41)27(47-34)19-21-12-15-26(24(18-21)40(43)44)46-33-35-16-9-17-36-33/h7-19,30H,5-6H2,1-4H3/b27-19-/t30-/m0/s1. The molecule has 0 saturated carbocycles. The Kier molecular flexibility index (Phi) is 9.01. The fourth-order valence-corrected chi connectivity index (χ4v) is 7.57. The van der Waals surface area contributed by atoms with E-state index in [1.165, 1.54) is 17.4 Å². The maximum atomic E-state index is 14.4. The summed E-state index contributed by atoms with van der Waals surface area (Å²) in [7, 11) is 1.57. The first-order chi connectivity index (χ1) is 22.7. The number of carbonyl (C=O) groups is 1. The van der Waals surface area contributed by atoms with Gasteiger partial charge in [-0.1, -0.05) is 47.7 Å². The molecule has 13 heteroatoms. The first-order valence-corrected chi connectivity index (χ1v) is 16.5. The van der Waals surface area contributed by atoms with Gasteiger partial charge in [-0.05, 0) is 73.1 Å². The highest BCUT2D eigenvalue weighted by atomic mass is 32.2. The van der Waals surface area contributed by atoms with Gasteiger partial charge in [0.1, 0.15) is 11.8 Å². The molecule has 1 amide bonds. The van der Waals surface area contributed by atoms with Gasteiger partial charge < -0.3 is 9.64 Å². The van der Waals surface area contributed by atoms with Crippen LogP contribution in [0.3, 0.4) is 0 Å². The van der Waals surface area contributed by atoms with E-state index in [0.717, 1.165) is 22.5 Å². The van der Waals surface area contributed by atoms with Crippen molar-refractivity contribution >= 4 is 51.5 Å². The van der Waals surface area contributed by atoms with Crippen LogP contribution in [0, 0.1) is 10.1 Å². The van der Waals surface area contributed by atoms with Crippen molar-refractivity contribution in [3.05, 3.63) is 125 Å². The molecule has 47 heavy (non-hydrogen) atoms. The number of allylic oxidation sites excluding steroid dienone is 1. The van der Waals surface area contributed by atoms with Crippen molar-refractivity contribution in [2.75, 3.05) is 20.2 Å². The van der Waals surface area contributed by atoms with E-state index in [2.05, 4.69) is 9.97 Å². The van der Waals surface area contributed by atoms with E-state index in [0.29, 0.717) is 60.6 Å². The number of amides is 1. The molecule has 6 rings (SSSR count). The van der Waals surface area contributed by atoms with Gasteiger partial charge in [-0.25, -0.2) is 15.0 Å². The molecule has 3 heterocycles. The van der Waals surface area contributed by atoms with Crippen LogP contribution in [-0.2, 0) is 4.79 Å². The zero-order valence-corrected chi connectivity index (χ0v) is 27.7. The molecule has 0 bridgehead atoms. The summed E-state index contributed by atoms with van der Waals surface area (Å²) >= 11 is 2.25. The van der Waals surface area contributed by atoms with Gasteiger partial charge in [0.2, 0.25) is 0 Å². The van der Waals surface area contributed by atoms with Crippen LogP contribution >= 0.6 is 23.1 Å². The number of aromatic nitrogens is 3. The first kappa shape index (κ1) is 31.8. The van der Waals surface area contributed by atoms with Gasteiger partial charge in [0.05, 0.1) is 32.7 Å². The quantitative estimate of drug-likeness (QED) is 0.120. The topological polar surface area (TPSA) is 133 Å². The van der Waals surface area contributed by atoms with Crippen molar-refractivity contribution in [2.24, 2.45) is 4.99 Å². The molecule has 0 aliphatic carbocycles. The second-order valence-corrected chi connectivity index (χ2v) is 12.6. The Bertz CT molecular complexity index is 2240. The molecular weight excluding hydrogens is 637 g/mol. The van der Waals surface area contributed by atoms with Gasteiger partial charge in [0.15, 0.2) is 9.96 Å². The van der Waals surface area contributed by atoms with E-state index in [1.54, 1.807) is 60.2 Å².